The molecule has 3 aromatic rings. The van der Waals surface area contributed by atoms with Gasteiger partial charge in [-0.05, 0) is 29.8 Å². The Morgan fingerprint density at radius 2 is 1.79 bits per heavy atom. The molecule has 1 aliphatic rings. The van der Waals surface area contributed by atoms with E-state index in [0.29, 0.717) is 17.4 Å². The van der Waals surface area contributed by atoms with Crippen LogP contribution in [0.4, 0.5) is 0 Å². The number of carbonyl (C=O) groups is 1. The molecule has 1 fully saturated rings. The molecule has 7 nitrogen and oxygen atoms in total. The molecule has 10 heteroatoms. The van der Waals surface area contributed by atoms with Gasteiger partial charge in [0.25, 0.3) is 10.0 Å². The normalized spacial score (nSPS) is 15.6. The molecule has 0 bridgehead atoms. The lowest BCUT2D eigenvalue weighted by molar-refractivity contribution is -0.131. The van der Waals surface area contributed by atoms with Crippen LogP contribution in [0.2, 0.25) is 4.34 Å². The minimum Gasteiger partial charge on any atom is -0.340 e. The van der Waals surface area contributed by atoms with Crippen molar-refractivity contribution in [2.45, 2.75) is 10.6 Å². The van der Waals surface area contributed by atoms with Crippen molar-refractivity contribution in [3.05, 3.63) is 64.8 Å². The summed E-state index contributed by atoms with van der Waals surface area (Å²) in [6.07, 6.45) is 3.76. The van der Waals surface area contributed by atoms with E-state index in [9.17, 15) is 13.2 Å². The van der Waals surface area contributed by atoms with Crippen LogP contribution in [-0.4, -0.2) is 59.5 Å². The van der Waals surface area contributed by atoms with E-state index in [1.54, 1.807) is 21.8 Å². The van der Waals surface area contributed by atoms with Crippen LogP contribution < -0.4 is 0 Å². The van der Waals surface area contributed by atoms with E-state index in [2.05, 4.69) is 5.10 Å². The highest BCUT2D eigenvalue weighted by Gasteiger charge is 2.31. The van der Waals surface area contributed by atoms with Crippen molar-refractivity contribution in [1.29, 1.82) is 0 Å². The second kappa shape index (κ2) is 8.27. The summed E-state index contributed by atoms with van der Waals surface area (Å²) >= 11 is 6.91. The number of carbonyl (C=O) groups excluding carboxylic acids is 1. The Labute approximate surface area is 178 Å². The lowest BCUT2D eigenvalue weighted by Gasteiger charge is -2.33. The minimum absolute atomic E-state index is 0.0335. The molecule has 0 atom stereocenters. The summed E-state index contributed by atoms with van der Waals surface area (Å²) in [6.45, 7) is 1.27. The van der Waals surface area contributed by atoms with Crippen molar-refractivity contribution in [3.8, 4) is 5.69 Å². The molecule has 2 aromatic heterocycles. The smallest absolute Gasteiger partial charge is 0.252 e. The van der Waals surface area contributed by atoms with Crippen molar-refractivity contribution in [3.63, 3.8) is 0 Å². The number of hydrogen-bond donors (Lipinski definition) is 0. The summed E-state index contributed by atoms with van der Waals surface area (Å²) in [5, 5.41) is 4.31. The number of benzene rings is 1. The monoisotopic (exact) mass is 450 g/mol. The van der Waals surface area contributed by atoms with Gasteiger partial charge in [-0.2, -0.15) is 9.40 Å². The number of piperazine rings is 1. The van der Waals surface area contributed by atoms with E-state index in [1.165, 1.54) is 10.4 Å². The molecular weight excluding hydrogens is 432 g/mol. The first-order chi connectivity index (χ1) is 13.9. The quantitative estimate of drug-likeness (QED) is 0.599. The SMILES string of the molecule is O=C(Cc1cnn(-c2ccccc2)c1)N1CCN(S(=O)(=O)c2ccc(Cl)s2)CC1. The predicted octanol–water partition coefficient (Wildman–Crippen LogP) is 2.66. The number of thiophene rings is 1. The van der Waals surface area contributed by atoms with Gasteiger partial charge in [-0.25, -0.2) is 13.1 Å². The number of hydrogen-bond acceptors (Lipinski definition) is 5. The predicted molar refractivity (Wildman–Crippen MR) is 112 cm³/mol. The van der Waals surface area contributed by atoms with E-state index in [1.807, 2.05) is 36.5 Å². The molecule has 3 heterocycles. The van der Waals surface area contributed by atoms with Crippen molar-refractivity contribution in [2.75, 3.05) is 26.2 Å². The van der Waals surface area contributed by atoms with E-state index >= 15 is 0 Å². The van der Waals surface area contributed by atoms with Crippen LogP contribution >= 0.6 is 22.9 Å². The highest BCUT2D eigenvalue weighted by molar-refractivity contribution is 7.91. The van der Waals surface area contributed by atoms with Gasteiger partial charge in [0.2, 0.25) is 5.91 Å². The van der Waals surface area contributed by atoms with Crippen LogP contribution in [0.5, 0.6) is 0 Å². The number of halogens is 1. The molecule has 0 radical (unpaired) electrons. The van der Waals surface area contributed by atoms with Crippen LogP contribution in [-0.2, 0) is 21.2 Å². The van der Waals surface area contributed by atoms with Crippen LogP contribution in [0.1, 0.15) is 5.56 Å². The Balaban J connectivity index is 1.35. The van der Waals surface area contributed by atoms with E-state index in [0.717, 1.165) is 22.6 Å². The molecule has 1 amide bonds. The topological polar surface area (TPSA) is 75.5 Å². The number of rotatable bonds is 5. The number of nitrogens with zero attached hydrogens (tertiary/aromatic N) is 4. The number of amides is 1. The van der Waals surface area contributed by atoms with Crippen LogP contribution in [0.3, 0.4) is 0 Å². The summed E-state index contributed by atoms with van der Waals surface area (Å²) < 4.78 is 29.2. The zero-order valence-electron chi connectivity index (χ0n) is 15.4. The minimum atomic E-state index is -3.56. The number of sulfonamides is 1. The molecule has 1 saturated heterocycles. The Hall–Kier alpha value is -2.20. The van der Waals surface area contributed by atoms with Gasteiger partial charge in [0.15, 0.2) is 0 Å². The third-order valence-electron chi connectivity index (χ3n) is 4.75. The van der Waals surface area contributed by atoms with Gasteiger partial charge in [0.05, 0.1) is 22.6 Å². The molecular formula is C19H19ClN4O3S2. The molecule has 152 valence electrons. The summed E-state index contributed by atoms with van der Waals surface area (Å²) in [5.41, 5.74) is 1.75. The Morgan fingerprint density at radius 1 is 1.07 bits per heavy atom. The lowest BCUT2D eigenvalue weighted by Crippen LogP contribution is -2.50. The first kappa shape index (κ1) is 20.1. The maximum Gasteiger partial charge on any atom is 0.252 e. The van der Waals surface area contributed by atoms with Crippen LogP contribution in [0.15, 0.2) is 59.1 Å². The summed E-state index contributed by atoms with van der Waals surface area (Å²) in [6, 6.07) is 12.8. The van der Waals surface area contributed by atoms with Crippen molar-refractivity contribution >= 4 is 38.9 Å². The molecule has 0 spiro atoms. The second-order valence-electron chi connectivity index (χ2n) is 6.65. The van der Waals surface area contributed by atoms with E-state index in [4.69, 9.17) is 11.6 Å². The van der Waals surface area contributed by atoms with Gasteiger partial charge in [0, 0.05) is 32.4 Å². The van der Waals surface area contributed by atoms with Gasteiger partial charge < -0.3 is 4.90 Å². The molecule has 0 saturated carbocycles. The van der Waals surface area contributed by atoms with Crippen molar-refractivity contribution in [2.24, 2.45) is 0 Å². The average Bonchev–Trinajstić information content (AvgIpc) is 3.38. The van der Waals surface area contributed by atoms with Crippen molar-refractivity contribution < 1.29 is 13.2 Å². The zero-order chi connectivity index (χ0) is 20.4. The first-order valence-electron chi connectivity index (χ1n) is 9.06. The van der Waals surface area contributed by atoms with Crippen molar-refractivity contribution in [1.82, 2.24) is 19.0 Å². The van der Waals surface area contributed by atoms with E-state index < -0.39 is 10.0 Å². The molecule has 0 N–H and O–H groups in total. The molecule has 0 aliphatic carbocycles. The van der Waals surface area contributed by atoms with Crippen LogP contribution in [0.25, 0.3) is 5.69 Å². The molecule has 0 unspecified atom stereocenters. The average molecular weight is 451 g/mol. The van der Waals surface area contributed by atoms with E-state index in [-0.39, 0.29) is 29.6 Å². The Morgan fingerprint density at radius 3 is 2.45 bits per heavy atom. The fourth-order valence-electron chi connectivity index (χ4n) is 3.20. The van der Waals surface area contributed by atoms with Gasteiger partial charge >= 0.3 is 0 Å². The summed E-state index contributed by atoms with van der Waals surface area (Å²) in [5.74, 6) is -0.0335. The Kier molecular flexibility index (Phi) is 5.73. The molecule has 1 aromatic carbocycles. The molecule has 1 aliphatic heterocycles. The fourth-order valence-corrected chi connectivity index (χ4v) is 6.26. The maximum atomic E-state index is 12.7. The fraction of sp³-hybridized carbons (Fsp3) is 0.263. The van der Waals surface area contributed by atoms with Gasteiger partial charge in [0.1, 0.15) is 4.21 Å². The van der Waals surface area contributed by atoms with Gasteiger partial charge in [-0.3, -0.25) is 4.79 Å². The highest BCUT2D eigenvalue weighted by atomic mass is 35.5. The number of para-hydroxylation sites is 1. The maximum absolute atomic E-state index is 12.7. The Bertz CT molecular complexity index is 1100. The number of aromatic nitrogens is 2. The second-order valence-corrected chi connectivity index (χ2v) is 10.5. The van der Waals surface area contributed by atoms with Gasteiger partial charge in [-0.1, -0.05) is 29.8 Å². The van der Waals surface area contributed by atoms with Crippen LogP contribution in [0, 0.1) is 0 Å². The highest BCUT2D eigenvalue weighted by Crippen LogP contribution is 2.28. The third-order valence-corrected chi connectivity index (χ3v) is 8.34. The largest absolute Gasteiger partial charge is 0.340 e. The molecule has 4 rings (SSSR count). The third kappa shape index (κ3) is 4.37. The zero-order valence-corrected chi connectivity index (χ0v) is 17.8. The standard InChI is InChI=1S/C19H19ClN4O3S2/c20-17-6-7-19(28-17)29(26,27)23-10-8-22(9-11-23)18(25)12-15-13-21-24(14-15)16-4-2-1-3-5-16/h1-7,13-14H,8-12H2. The first-order valence-corrected chi connectivity index (χ1v) is 11.7. The summed E-state index contributed by atoms with van der Waals surface area (Å²) in [4.78, 5) is 14.4. The van der Waals surface area contributed by atoms with Gasteiger partial charge in [-0.15, -0.1) is 11.3 Å². The summed E-state index contributed by atoms with van der Waals surface area (Å²) in [7, 11) is -3.56. The molecule has 29 heavy (non-hydrogen) atoms. The lowest BCUT2D eigenvalue weighted by atomic mass is 10.2.